The van der Waals surface area contributed by atoms with Crippen molar-refractivity contribution in [1.82, 2.24) is 4.98 Å². The molecule has 36 heavy (non-hydrogen) atoms. The number of rotatable bonds is 4. The number of fused-ring (bicyclic) bond motifs is 3. The van der Waals surface area contributed by atoms with Crippen LogP contribution >= 0.6 is 11.3 Å². The predicted molar refractivity (Wildman–Crippen MR) is 132 cm³/mol. The van der Waals surface area contributed by atoms with E-state index >= 15 is 0 Å². The van der Waals surface area contributed by atoms with E-state index in [0.29, 0.717) is 32.9 Å². The minimum Gasteiger partial charge on any atom is -0.508 e. The first kappa shape index (κ1) is 22.9. The molecule has 6 aromatic rings. The molecule has 0 unspecified atom stereocenters. The minimum atomic E-state index is -1.09. The second-order valence-corrected chi connectivity index (χ2v) is 8.48. The number of benzene rings is 3. The molecule has 3 aromatic carbocycles. The lowest BCUT2D eigenvalue weighted by Crippen LogP contribution is -1.97. The van der Waals surface area contributed by atoms with Crippen LogP contribution < -0.4 is 4.74 Å². The van der Waals surface area contributed by atoms with Crippen LogP contribution in [0.25, 0.3) is 32.2 Å². The maximum atomic E-state index is 11.1. The molecule has 0 saturated heterocycles. The Labute approximate surface area is 206 Å². The van der Waals surface area contributed by atoms with Crippen molar-refractivity contribution < 1.29 is 38.1 Å². The van der Waals surface area contributed by atoms with Crippen LogP contribution in [0.4, 0.5) is 0 Å². The summed E-state index contributed by atoms with van der Waals surface area (Å²) in [6, 6.07) is 20.5. The molecular weight excluding hydrogens is 486 g/mol. The second-order valence-electron chi connectivity index (χ2n) is 7.49. The van der Waals surface area contributed by atoms with Crippen molar-refractivity contribution in [2.75, 3.05) is 7.11 Å². The van der Waals surface area contributed by atoms with Crippen molar-refractivity contribution in [3.05, 3.63) is 84.3 Å². The molecule has 180 valence electrons. The summed E-state index contributed by atoms with van der Waals surface area (Å²) in [5.41, 5.74) is 1.94. The highest BCUT2D eigenvalue weighted by molar-refractivity contribution is 7.20. The van der Waals surface area contributed by atoms with Crippen molar-refractivity contribution in [2.24, 2.45) is 0 Å². The number of aromatic carboxylic acids is 1. The van der Waals surface area contributed by atoms with Gasteiger partial charge in [0.1, 0.15) is 22.7 Å². The van der Waals surface area contributed by atoms with Gasteiger partial charge in [-0.05, 0) is 60.7 Å². The summed E-state index contributed by atoms with van der Waals surface area (Å²) in [5.74, 6) is -0.857. The molecule has 9 nitrogen and oxygen atoms in total. The number of ether oxygens (including phenoxy) is 2. The van der Waals surface area contributed by atoms with Gasteiger partial charge in [0.2, 0.25) is 11.5 Å². The third kappa shape index (κ3) is 4.70. The molecule has 0 aliphatic carbocycles. The standard InChI is InChI=1S/C16H9NO4S.C10H8O4/c18-15(19)13-8-9-7-10(5-6-12(9)21-13)20-16-17-11-3-1-2-4-14(11)22-16;1-13-10(12)9-5-6-4-7(11)2-3-8(6)14-9/h1-8H,(H,18,19);2-5,11H,1H3. The lowest BCUT2D eigenvalue weighted by molar-refractivity contribution is 0.0567. The van der Waals surface area contributed by atoms with Gasteiger partial charge in [0.15, 0.2) is 0 Å². The Hall–Kier alpha value is -4.83. The number of methoxy groups -OCH3 is 1. The zero-order chi connectivity index (χ0) is 25.2. The fourth-order valence-electron chi connectivity index (χ4n) is 3.42. The van der Waals surface area contributed by atoms with Crippen molar-refractivity contribution in [1.29, 1.82) is 0 Å². The first-order valence-corrected chi connectivity index (χ1v) is 11.3. The van der Waals surface area contributed by atoms with Gasteiger partial charge >= 0.3 is 11.9 Å². The Morgan fingerprint density at radius 2 is 1.58 bits per heavy atom. The summed E-state index contributed by atoms with van der Waals surface area (Å²) in [6.45, 7) is 0. The third-order valence-corrected chi connectivity index (χ3v) is 5.98. The van der Waals surface area contributed by atoms with Gasteiger partial charge in [-0.25, -0.2) is 14.6 Å². The number of carbonyl (C=O) groups excluding carboxylic acids is 1. The summed E-state index contributed by atoms with van der Waals surface area (Å²) in [5, 5.41) is 20.0. The number of phenolic OH excluding ortho intramolecular Hbond substituents is 1. The second kappa shape index (κ2) is 9.43. The molecule has 0 bridgehead atoms. The quantitative estimate of drug-likeness (QED) is 0.260. The van der Waals surface area contributed by atoms with E-state index in [1.54, 1.807) is 24.3 Å². The molecular formula is C26H17NO8S. The number of carbonyl (C=O) groups is 2. The van der Waals surface area contributed by atoms with Crippen LogP contribution in [0.15, 0.2) is 81.6 Å². The summed E-state index contributed by atoms with van der Waals surface area (Å²) < 4.78 is 21.7. The molecule has 6 rings (SSSR count). The van der Waals surface area contributed by atoms with Crippen LogP contribution in [-0.4, -0.2) is 34.2 Å². The molecule has 10 heteroatoms. The Morgan fingerprint density at radius 3 is 2.33 bits per heavy atom. The fraction of sp³-hybridized carbons (Fsp3) is 0.0385. The first-order valence-electron chi connectivity index (χ1n) is 10.5. The van der Waals surface area contributed by atoms with E-state index in [4.69, 9.17) is 18.7 Å². The van der Waals surface area contributed by atoms with E-state index in [1.165, 1.54) is 42.7 Å². The molecule has 0 atom stereocenters. The van der Waals surface area contributed by atoms with Crippen LogP contribution in [0.3, 0.4) is 0 Å². The predicted octanol–water partition coefficient (Wildman–Crippen LogP) is 6.46. The first-order chi connectivity index (χ1) is 17.4. The molecule has 0 amide bonds. The Bertz CT molecular complexity index is 1700. The van der Waals surface area contributed by atoms with E-state index in [9.17, 15) is 14.7 Å². The Balaban J connectivity index is 0.000000165. The summed E-state index contributed by atoms with van der Waals surface area (Å²) in [4.78, 5) is 26.4. The van der Waals surface area contributed by atoms with Gasteiger partial charge in [-0.15, -0.1) is 0 Å². The molecule has 0 aliphatic rings. The number of aromatic hydroxyl groups is 1. The van der Waals surface area contributed by atoms with Gasteiger partial charge in [-0.3, -0.25) is 0 Å². The maximum absolute atomic E-state index is 11.1. The van der Waals surface area contributed by atoms with Gasteiger partial charge in [-0.1, -0.05) is 23.5 Å². The highest BCUT2D eigenvalue weighted by Crippen LogP contribution is 2.33. The topological polar surface area (TPSA) is 132 Å². The average Bonchev–Trinajstić information content (AvgIpc) is 3.59. The van der Waals surface area contributed by atoms with Crippen LogP contribution in [-0.2, 0) is 4.74 Å². The highest BCUT2D eigenvalue weighted by Gasteiger charge is 2.13. The number of furan rings is 2. The zero-order valence-electron chi connectivity index (χ0n) is 18.6. The zero-order valence-corrected chi connectivity index (χ0v) is 19.4. The Kier molecular flexibility index (Phi) is 6.01. The largest absolute Gasteiger partial charge is 0.508 e. The number of hydrogen-bond donors (Lipinski definition) is 2. The summed E-state index contributed by atoms with van der Waals surface area (Å²) in [6.07, 6.45) is 0. The normalized spacial score (nSPS) is 10.8. The minimum absolute atomic E-state index is 0.0906. The monoisotopic (exact) mass is 503 g/mol. The molecule has 0 spiro atoms. The van der Waals surface area contributed by atoms with Gasteiger partial charge in [0, 0.05) is 10.8 Å². The molecule has 0 aliphatic heterocycles. The van der Waals surface area contributed by atoms with E-state index in [2.05, 4.69) is 9.72 Å². The molecule has 0 saturated carbocycles. The number of esters is 1. The van der Waals surface area contributed by atoms with Crippen LogP contribution in [0.2, 0.25) is 0 Å². The van der Waals surface area contributed by atoms with E-state index in [-0.39, 0.29) is 17.3 Å². The number of carboxylic acids is 1. The van der Waals surface area contributed by atoms with Crippen molar-refractivity contribution in [2.45, 2.75) is 0 Å². The molecule has 3 aromatic heterocycles. The lowest BCUT2D eigenvalue weighted by atomic mass is 10.2. The van der Waals surface area contributed by atoms with Crippen LogP contribution in [0.5, 0.6) is 16.7 Å². The van der Waals surface area contributed by atoms with Gasteiger partial charge in [-0.2, -0.15) is 0 Å². The Morgan fingerprint density at radius 1 is 0.889 bits per heavy atom. The average molecular weight is 503 g/mol. The van der Waals surface area contributed by atoms with E-state index in [0.717, 1.165) is 10.2 Å². The number of hydrogen-bond acceptors (Lipinski definition) is 9. The van der Waals surface area contributed by atoms with Crippen LogP contribution in [0, 0.1) is 0 Å². The maximum Gasteiger partial charge on any atom is 0.373 e. The number of para-hydroxylation sites is 1. The smallest absolute Gasteiger partial charge is 0.373 e. The van der Waals surface area contributed by atoms with Crippen molar-refractivity contribution >= 4 is 55.4 Å². The van der Waals surface area contributed by atoms with Gasteiger partial charge in [0.05, 0.1) is 17.3 Å². The number of carboxylic acid groups (broad SMARTS) is 1. The molecule has 0 fully saturated rings. The van der Waals surface area contributed by atoms with E-state index in [1.807, 2.05) is 24.3 Å². The van der Waals surface area contributed by atoms with Crippen molar-refractivity contribution in [3.8, 4) is 16.7 Å². The van der Waals surface area contributed by atoms with E-state index < -0.39 is 11.9 Å². The molecule has 3 heterocycles. The third-order valence-electron chi connectivity index (χ3n) is 5.06. The number of nitrogens with zero attached hydrogens (tertiary/aromatic N) is 1. The number of thiazole rings is 1. The van der Waals surface area contributed by atoms with Crippen LogP contribution in [0.1, 0.15) is 21.1 Å². The number of phenols is 1. The van der Waals surface area contributed by atoms with Gasteiger partial charge in [0.25, 0.3) is 5.19 Å². The molecule has 0 radical (unpaired) electrons. The summed E-state index contributed by atoms with van der Waals surface area (Å²) >= 11 is 1.46. The molecule has 2 N–H and O–H groups in total. The number of aromatic nitrogens is 1. The summed E-state index contributed by atoms with van der Waals surface area (Å²) in [7, 11) is 1.28. The van der Waals surface area contributed by atoms with Gasteiger partial charge < -0.3 is 28.5 Å². The SMILES string of the molecule is COC(=O)c1cc2cc(O)ccc2o1.O=C(O)c1cc2cc(Oc3nc4ccccc4s3)ccc2o1. The van der Waals surface area contributed by atoms with Crippen molar-refractivity contribution in [3.63, 3.8) is 0 Å². The highest BCUT2D eigenvalue weighted by atomic mass is 32.1. The fourth-order valence-corrected chi connectivity index (χ4v) is 4.25. The lowest BCUT2D eigenvalue weighted by Gasteiger charge is -2.00.